The van der Waals surface area contributed by atoms with Crippen molar-refractivity contribution >= 4 is 34.5 Å². The van der Waals surface area contributed by atoms with Crippen molar-refractivity contribution in [1.82, 2.24) is 4.98 Å². The van der Waals surface area contributed by atoms with E-state index in [0.717, 1.165) is 27.6 Å². The molecule has 0 saturated carbocycles. The third-order valence-electron chi connectivity index (χ3n) is 2.42. The molecule has 0 atom stereocenters. The molecule has 0 unspecified atom stereocenters. The van der Waals surface area contributed by atoms with Gasteiger partial charge < -0.3 is 5.11 Å². The van der Waals surface area contributed by atoms with Crippen LogP contribution < -0.4 is 0 Å². The van der Waals surface area contributed by atoms with Gasteiger partial charge in [0.1, 0.15) is 5.01 Å². The van der Waals surface area contributed by atoms with Crippen molar-refractivity contribution in [2.75, 3.05) is 0 Å². The van der Waals surface area contributed by atoms with Gasteiger partial charge in [-0.1, -0.05) is 30.1 Å². The molecule has 5 heteroatoms. The smallest absolute Gasteiger partial charge is 0.125 e. The molecule has 0 aliphatic heterocycles. The van der Waals surface area contributed by atoms with E-state index in [4.69, 9.17) is 23.2 Å². The molecule has 0 amide bonds. The lowest BCUT2D eigenvalue weighted by atomic mass is 10.2. The molecule has 0 fully saturated rings. The Morgan fingerprint density at radius 1 is 1.35 bits per heavy atom. The Kier molecular flexibility index (Phi) is 4.05. The fourth-order valence-electron chi connectivity index (χ4n) is 1.56. The van der Waals surface area contributed by atoms with Crippen LogP contribution in [0.5, 0.6) is 0 Å². The molecule has 0 aliphatic rings. The Hall–Kier alpha value is -0.610. The summed E-state index contributed by atoms with van der Waals surface area (Å²) < 4.78 is 0. The molecular formula is C12H11Cl2NOS. The van der Waals surface area contributed by atoms with Gasteiger partial charge in [0.25, 0.3) is 0 Å². The van der Waals surface area contributed by atoms with Crippen molar-refractivity contribution < 1.29 is 5.11 Å². The van der Waals surface area contributed by atoms with Crippen LogP contribution in [-0.4, -0.2) is 10.1 Å². The molecule has 2 nitrogen and oxygen atoms in total. The molecule has 0 saturated heterocycles. The number of aryl methyl sites for hydroxylation is 1. The largest absolute Gasteiger partial charge is 0.391 e. The average molecular weight is 288 g/mol. The van der Waals surface area contributed by atoms with Crippen molar-refractivity contribution in [2.45, 2.75) is 20.0 Å². The van der Waals surface area contributed by atoms with E-state index in [2.05, 4.69) is 4.98 Å². The van der Waals surface area contributed by atoms with E-state index in [1.54, 1.807) is 12.1 Å². The fourth-order valence-corrected chi connectivity index (χ4v) is 3.16. The number of benzene rings is 1. The number of aliphatic hydroxyl groups excluding tert-OH is 1. The molecule has 0 radical (unpaired) electrons. The maximum atomic E-state index is 9.24. The molecule has 90 valence electrons. The first-order valence-electron chi connectivity index (χ1n) is 5.20. The zero-order valence-electron chi connectivity index (χ0n) is 9.20. The molecule has 0 bridgehead atoms. The van der Waals surface area contributed by atoms with E-state index >= 15 is 0 Å². The molecule has 17 heavy (non-hydrogen) atoms. The van der Waals surface area contributed by atoms with Gasteiger partial charge in [0.05, 0.1) is 22.2 Å². The zero-order chi connectivity index (χ0) is 12.4. The number of nitrogens with zero attached hydrogens (tertiary/aromatic N) is 1. The standard InChI is InChI=1S/C12H11Cl2NOS/c1-2-10-11(6-16)17-12(15-10)8-4-3-7(13)5-9(8)14/h3-5,16H,2,6H2,1H3. The van der Waals surface area contributed by atoms with Gasteiger partial charge in [-0.15, -0.1) is 11.3 Å². The van der Waals surface area contributed by atoms with E-state index in [-0.39, 0.29) is 6.61 Å². The molecule has 1 aromatic carbocycles. The predicted octanol–water partition coefficient (Wildman–Crippen LogP) is 4.17. The summed E-state index contributed by atoms with van der Waals surface area (Å²) in [5.41, 5.74) is 1.79. The molecule has 0 spiro atoms. The molecule has 1 aromatic heterocycles. The predicted molar refractivity (Wildman–Crippen MR) is 72.9 cm³/mol. The maximum Gasteiger partial charge on any atom is 0.125 e. The third-order valence-corrected chi connectivity index (χ3v) is 4.08. The van der Waals surface area contributed by atoms with Crippen LogP contribution in [-0.2, 0) is 13.0 Å². The second-order valence-corrected chi connectivity index (χ2v) is 5.45. The second-order valence-electron chi connectivity index (χ2n) is 3.52. The minimum atomic E-state index is 0.0199. The van der Waals surface area contributed by atoms with Crippen LogP contribution in [0.4, 0.5) is 0 Å². The fraction of sp³-hybridized carbons (Fsp3) is 0.250. The maximum absolute atomic E-state index is 9.24. The molecule has 0 aliphatic carbocycles. The first kappa shape index (κ1) is 12.8. The lowest BCUT2D eigenvalue weighted by Gasteiger charge is -2.00. The summed E-state index contributed by atoms with van der Waals surface area (Å²) >= 11 is 13.5. The quantitative estimate of drug-likeness (QED) is 0.919. The number of thiazole rings is 1. The number of hydrogen-bond acceptors (Lipinski definition) is 3. The monoisotopic (exact) mass is 287 g/mol. The highest BCUT2D eigenvalue weighted by Gasteiger charge is 2.13. The molecule has 1 N–H and O–H groups in total. The van der Waals surface area contributed by atoms with Crippen molar-refractivity contribution in [3.63, 3.8) is 0 Å². The number of aromatic nitrogens is 1. The number of hydrogen-bond donors (Lipinski definition) is 1. The van der Waals surface area contributed by atoms with Crippen LogP contribution in [0.2, 0.25) is 10.0 Å². The number of rotatable bonds is 3. The van der Waals surface area contributed by atoms with Crippen molar-refractivity contribution in [3.05, 3.63) is 38.8 Å². The van der Waals surface area contributed by atoms with E-state index in [1.165, 1.54) is 11.3 Å². The van der Waals surface area contributed by atoms with Gasteiger partial charge in [0.2, 0.25) is 0 Å². The van der Waals surface area contributed by atoms with Gasteiger partial charge in [-0.3, -0.25) is 0 Å². The summed E-state index contributed by atoms with van der Waals surface area (Å²) in [5.74, 6) is 0. The van der Waals surface area contributed by atoms with E-state index < -0.39 is 0 Å². The van der Waals surface area contributed by atoms with Crippen molar-refractivity contribution in [2.24, 2.45) is 0 Å². The van der Waals surface area contributed by atoms with Crippen LogP contribution in [0, 0.1) is 0 Å². The highest BCUT2D eigenvalue weighted by Crippen LogP contribution is 2.34. The number of aliphatic hydroxyl groups is 1. The van der Waals surface area contributed by atoms with Gasteiger partial charge in [-0.05, 0) is 24.6 Å². The highest BCUT2D eigenvalue weighted by molar-refractivity contribution is 7.15. The molecule has 2 rings (SSSR count). The summed E-state index contributed by atoms with van der Waals surface area (Å²) in [4.78, 5) is 5.39. The summed E-state index contributed by atoms with van der Waals surface area (Å²) in [6.45, 7) is 2.04. The van der Waals surface area contributed by atoms with Crippen molar-refractivity contribution in [3.8, 4) is 10.6 Å². The Bertz CT molecular complexity index is 518. The lowest BCUT2D eigenvalue weighted by Crippen LogP contribution is -1.87. The van der Waals surface area contributed by atoms with Crippen LogP contribution in [0.1, 0.15) is 17.5 Å². The minimum absolute atomic E-state index is 0.0199. The Labute approximate surface area is 114 Å². The third kappa shape index (κ3) is 2.63. The number of halogens is 2. The summed E-state index contributed by atoms with van der Waals surface area (Å²) in [5, 5.41) is 11.3. The zero-order valence-corrected chi connectivity index (χ0v) is 11.5. The van der Waals surface area contributed by atoms with Gasteiger partial charge in [0.15, 0.2) is 0 Å². The molecule has 1 heterocycles. The molecular weight excluding hydrogens is 277 g/mol. The van der Waals surface area contributed by atoms with Crippen LogP contribution >= 0.6 is 34.5 Å². The van der Waals surface area contributed by atoms with Crippen molar-refractivity contribution in [1.29, 1.82) is 0 Å². The average Bonchev–Trinajstić information content (AvgIpc) is 2.72. The topological polar surface area (TPSA) is 33.1 Å². The van der Waals surface area contributed by atoms with Crippen LogP contribution in [0.3, 0.4) is 0 Å². The first-order valence-corrected chi connectivity index (χ1v) is 6.77. The van der Waals surface area contributed by atoms with Gasteiger partial charge >= 0.3 is 0 Å². The van der Waals surface area contributed by atoms with Gasteiger partial charge in [0, 0.05) is 10.6 Å². The highest BCUT2D eigenvalue weighted by atomic mass is 35.5. The van der Waals surface area contributed by atoms with Gasteiger partial charge in [-0.2, -0.15) is 0 Å². The summed E-state index contributed by atoms with van der Waals surface area (Å²) in [7, 11) is 0. The van der Waals surface area contributed by atoms with Crippen LogP contribution in [0.15, 0.2) is 18.2 Å². The Balaban J connectivity index is 2.49. The first-order chi connectivity index (χ1) is 8.15. The Morgan fingerprint density at radius 3 is 2.65 bits per heavy atom. The summed E-state index contributed by atoms with van der Waals surface area (Å²) in [6, 6.07) is 5.34. The minimum Gasteiger partial charge on any atom is -0.391 e. The van der Waals surface area contributed by atoms with E-state index in [9.17, 15) is 5.11 Å². The lowest BCUT2D eigenvalue weighted by molar-refractivity contribution is 0.284. The Morgan fingerprint density at radius 2 is 2.12 bits per heavy atom. The van der Waals surface area contributed by atoms with E-state index in [1.807, 2.05) is 13.0 Å². The second kappa shape index (κ2) is 5.36. The van der Waals surface area contributed by atoms with Gasteiger partial charge in [-0.25, -0.2) is 4.98 Å². The van der Waals surface area contributed by atoms with Crippen LogP contribution in [0.25, 0.3) is 10.6 Å². The SMILES string of the molecule is CCc1nc(-c2ccc(Cl)cc2Cl)sc1CO. The normalized spacial score (nSPS) is 10.8. The van der Waals surface area contributed by atoms with E-state index in [0.29, 0.717) is 10.0 Å². The molecule has 2 aromatic rings. The summed E-state index contributed by atoms with van der Waals surface area (Å²) in [6.07, 6.45) is 0.803.